The lowest BCUT2D eigenvalue weighted by Gasteiger charge is -2.19. The van der Waals surface area contributed by atoms with Crippen molar-refractivity contribution < 1.29 is 0 Å². The maximum atomic E-state index is 6.09. The van der Waals surface area contributed by atoms with Crippen molar-refractivity contribution in [2.75, 3.05) is 6.54 Å². The molecule has 1 N–H and O–H groups in total. The standard InChI is InChI=1S/C16H16Cl2IN/c1-2-20-16(12-4-6-13(19)7-5-12)10-11-3-8-14(17)15(18)9-11/h3-9,16,20H,2,10H2,1H3. The van der Waals surface area contributed by atoms with Gasteiger partial charge in [0.2, 0.25) is 0 Å². The molecule has 106 valence electrons. The number of likely N-dealkylation sites (N-methyl/N-ethyl adjacent to an activating group) is 1. The van der Waals surface area contributed by atoms with E-state index in [0.29, 0.717) is 10.0 Å². The van der Waals surface area contributed by atoms with Crippen LogP contribution in [0.3, 0.4) is 0 Å². The average molecular weight is 420 g/mol. The van der Waals surface area contributed by atoms with E-state index in [0.717, 1.165) is 13.0 Å². The molecule has 0 aromatic heterocycles. The van der Waals surface area contributed by atoms with Gasteiger partial charge in [0.1, 0.15) is 0 Å². The van der Waals surface area contributed by atoms with Gasteiger partial charge in [0.05, 0.1) is 10.0 Å². The van der Waals surface area contributed by atoms with E-state index < -0.39 is 0 Å². The molecule has 0 fully saturated rings. The van der Waals surface area contributed by atoms with Crippen molar-refractivity contribution in [1.82, 2.24) is 5.32 Å². The summed E-state index contributed by atoms with van der Waals surface area (Å²) in [6.45, 7) is 3.05. The molecule has 0 aliphatic rings. The Kier molecular flexibility index (Phi) is 6.15. The second-order valence-electron chi connectivity index (χ2n) is 4.61. The molecule has 0 heterocycles. The third-order valence-corrected chi connectivity index (χ3v) is 4.60. The van der Waals surface area contributed by atoms with Gasteiger partial charge in [0.25, 0.3) is 0 Å². The van der Waals surface area contributed by atoms with E-state index in [4.69, 9.17) is 23.2 Å². The monoisotopic (exact) mass is 419 g/mol. The first kappa shape index (κ1) is 16.1. The quantitative estimate of drug-likeness (QED) is 0.631. The lowest BCUT2D eigenvalue weighted by molar-refractivity contribution is 0.550. The third-order valence-electron chi connectivity index (χ3n) is 3.15. The Morgan fingerprint density at radius 3 is 2.35 bits per heavy atom. The normalized spacial score (nSPS) is 12.4. The molecule has 0 aliphatic carbocycles. The second-order valence-corrected chi connectivity index (χ2v) is 6.67. The summed E-state index contributed by atoms with van der Waals surface area (Å²) in [5, 5.41) is 4.74. The molecule has 0 radical (unpaired) electrons. The predicted octanol–water partition coefficient (Wildman–Crippen LogP) is 5.49. The first-order chi connectivity index (χ1) is 9.60. The highest BCUT2D eigenvalue weighted by Crippen LogP contribution is 2.26. The zero-order valence-electron chi connectivity index (χ0n) is 11.2. The van der Waals surface area contributed by atoms with Crippen molar-refractivity contribution in [3.63, 3.8) is 0 Å². The summed E-state index contributed by atoms with van der Waals surface area (Å²) >= 11 is 14.4. The molecular weight excluding hydrogens is 404 g/mol. The van der Waals surface area contributed by atoms with E-state index in [1.54, 1.807) is 0 Å². The van der Waals surface area contributed by atoms with E-state index in [1.807, 2.05) is 18.2 Å². The van der Waals surface area contributed by atoms with E-state index in [9.17, 15) is 0 Å². The fourth-order valence-electron chi connectivity index (χ4n) is 2.15. The Hall–Kier alpha value is -0.290. The van der Waals surface area contributed by atoms with Crippen LogP contribution in [0.4, 0.5) is 0 Å². The Morgan fingerprint density at radius 1 is 1.05 bits per heavy atom. The molecule has 20 heavy (non-hydrogen) atoms. The first-order valence-corrected chi connectivity index (χ1v) is 8.36. The molecule has 4 heteroatoms. The molecule has 0 bridgehead atoms. The van der Waals surface area contributed by atoms with Crippen molar-refractivity contribution in [1.29, 1.82) is 0 Å². The molecule has 0 aliphatic heterocycles. The van der Waals surface area contributed by atoms with Gasteiger partial charge in [-0.1, -0.05) is 48.3 Å². The highest BCUT2D eigenvalue weighted by Gasteiger charge is 2.12. The van der Waals surface area contributed by atoms with Crippen molar-refractivity contribution in [3.8, 4) is 0 Å². The molecule has 0 saturated carbocycles. The minimum absolute atomic E-state index is 0.286. The highest BCUT2D eigenvalue weighted by atomic mass is 127. The molecular formula is C16H16Cl2IN. The number of hydrogen-bond donors (Lipinski definition) is 1. The van der Waals surface area contributed by atoms with Crippen LogP contribution in [0, 0.1) is 3.57 Å². The van der Waals surface area contributed by atoms with Crippen LogP contribution >= 0.6 is 45.8 Å². The minimum Gasteiger partial charge on any atom is -0.310 e. The van der Waals surface area contributed by atoms with Crippen LogP contribution in [-0.4, -0.2) is 6.54 Å². The summed E-state index contributed by atoms with van der Waals surface area (Å²) in [7, 11) is 0. The van der Waals surface area contributed by atoms with Crippen LogP contribution in [0.15, 0.2) is 42.5 Å². The van der Waals surface area contributed by atoms with Crippen LogP contribution < -0.4 is 5.32 Å². The van der Waals surface area contributed by atoms with Gasteiger partial charge in [0, 0.05) is 9.61 Å². The lowest BCUT2D eigenvalue weighted by Crippen LogP contribution is -2.22. The molecule has 2 aromatic carbocycles. The number of benzene rings is 2. The van der Waals surface area contributed by atoms with Crippen LogP contribution in [0.1, 0.15) is 24.1 Å². The van der Waals surface area contributed by atoms with Gasteiger partial charge in [0.15, 0.2) is 0 Å². The molecule has 0 amide bonds. The molecule has 1 unspecified atom stereocenters. The number of hydrogen-bond acceptors (Lipinski definition) is 1. The van der Waals surface area contributed by atoms with Crippen LogP contribution in [0.5, 0.6) is 0 Å². The first-order valence-electron chi connectivity index (χ1n) is 6.53. The number of halogens is 3. The molecule has 1 nitrogen and oxygen atoms in total. The molecule has 1 atom stereocenters. The molecule has 2 rings (SSSR count). The minimum atomic E-state index is 0.286. The maximum absolute atomic E-state index is 6.09. The predicted molar refractivity (Wildman–Crippen MR) is 95.7 cm³/mol. The Balaban J connectivity index is 2.20. The smallest absolute Gasteiger partial charge is 0.0595 e. The van der Waals surface area contributed by atoms with Gasteiger partial charge < -0.3 is 5.32 Å². The molecule has 0 spiro atoms. The summed E-state index contributed by atoms with van der Waals surface area (Å²) in [5.74, 6) is 0. The Morgan fingerprint density at radius 2 is 1.75 bits per heavy atom. The van der Waals surface area contributed by atoms with Gasteiger partial charge in [-0.2, -0.15) is 0 Å². The van der Waals surface area contributed by atoms with Gasteiger partial charge in [-0.05, 0) is 70.9 Å². The van der Waals surface area contributed by atoms with Crippen molar-refractivity contribution >= 4 is 45.8 Å². The zero-order valence-corrected chi connectivity index (χ0v) is 14.8. The third kappa shape index (κ3) is 4.35. The Bertz CT molecular complexity index is 569. The van der Waals surface area contributed by atoms with Crippen LogP contribution in [0.25, 0.3) is 0 Å². The van der Waals surface area contributed by atoms with Crippen molar-refractivity contribution in [3.05, 3.63) is 67.2 Å². The van der Waals surface area contributed by atoms with Gasteiger partial charge >= 0.3 is 0 Å². The maximum Gasteiger partial charge on any atom is 0.0595 e. The summed E-state index contributed by atoms with van der Waals surface area (Å²) in [5.41, 5.74) is 2.47. The van der Waals surface area contributed by atoms with Crippen LogP contribution in [0.2, 0.25) is 10.0 Å². The Labute approximate surface area is 143 Å². The summed E-state index contributed by atoms with van der Waals surface area (Å²) in [6.07, 6.45) is 0.894. The highest BCUT2D eigenvalue weighted by molar-refractivity contribution is 14.1. The second kappa shape index (κ2) is 7.64. The van der Waals surface area contributed by atoms with Crippen molar-refractivity contribution in [2.45, 2.75) is 19.4 Å². The van der Waals surface area contributed by atoms with Gasteiger partial charge in [-0.3, -0.25) is 0 Å². The average Bonchev–Trinajstić information content (AvgIpc) is 2.43. The summed E-state index contributed by atoms with van der Waals surface area (Å²) in [4.78, 5) is 0. The van der Waals surface area contributed by atoms with E-state index in [2.05, 4.69) is 59.1 Å². The topological polar surface area (TPSA) is 12.0 Å². The van der Waals surface area contributed by atoms with E-state index >= 15 is 0 Å². The number of rotatable bonds is 5. The number of nitrogens with one attached hydrogen (secondary N) is 1. The van der Waals surface area contributed by atoms with Gasteiger partial charge in [-0.15, -0.1) is 0 Å². The zero-order chi connectivity index (χ0) is 14.5. The van der Waals surface area contributed by atoms with Gasteiger partial charge in [-0.25, -0.2) is 0 Å². The van der Waals surface area contributed by atoms with E-state index in [1.165, 1.54) is 14.7 Å². The largest absolute Gasteiger partial charge is 0.310 e. The van der Waals surface area contributed by atoms with Crippen molar-refractivity contribution in [2.24, 2.45) is 0 Å². The fraction of sp³-hybridized carbons (Fsp3) is 0.250. The summed E-state index contributed by atoms with van der Waals surface area (Å²) in [6, 6.07) is 14.7. The lowest BCUT2D eigenvalue weighted by atomic mass is 9.99. The molecule has 0 saturated heterocycles. The molecule has 2 aromatic rings. The SMILES string of the molecule is CCNC(Cc1ccc(Cl)c(Cl)c1)c1ccc(I)cc1. The van der Waals surface area contributed by atoms with E-state index in [-0.39, 0.29) is 6.04 Å². The van der Waals surface area contributed by atoms with Crippen LogP contribution in [-0.2, 0) is 6.42 Å². The fourth-order valence-corrected chi connectivity index (χ4v) is 2.83. The summed E-state index contributed by atoms with van der Waals surface area (Å²) < 4.78 is 1.25.